The van der Waals surface area contributed by atoms with Gasteiger partial charge in [-0.15, -0.1) is 0 Å². The fraction of sp³-hybridized carbons (Fsp3) is 0.400. The summed E-state index contributed by atoms with van der Waals surface area (Å²) in [5.41, 5.74) is 1.96. The van der Waals surface area contributed by atoms with Crippen molar-refractivity contribution in [2.45, 2.75) is 26.5 Å². The summed E-state index contributed by atoms with van der Waals surface area (Å²) in [6.45, 7) is 5.12. The lowest BCUT2D eigenvalue weighted by Gasteiger charge is -2.13. The maximum atomic E-state index is 9.83. The van der Waals surface area contributed by atoms with Gasteiger partial charge >= 0.3 is 0 Å². The number of hydrogen-bond acceptors (Lipinski definition) is 5. The molecule has 2 rings (SSSR count). The lowest BCUT2D eigenvalue weighted by molar-refractivity contribution is 0.106. The third-order valence-corrected chi connectivity index (χ3v) is 2.79. The van der Waals surface area contributed by atoms with Gasteiger partial charge in [0.25, 0.3) is 0 Å². The topological polar surface area (TPSA) is 67.5 Å². The van der Waals surface area contributed by atoms with Crippen molar-refractivity contribution in [2.24, 2.45) is 0 Å². The van der Waals surface area contributed by atoms with E-state index in [1.165, 1.54) is 0 Å². The Morgan fingerprint density at radius 1 is 1.35 bits per heavy atom. The standard InChI is InChI=1S/C15H20N2O3/c1-11-4-3-5-15(6-11)19-10-14(18)9-16-8-13-7-12(2)20-17-13/h3-7,14,16,18H,8-10H2,1-2H3. The molecule has 0 saturated heterocycles. The molecular weight excluding hydrogens is 256 g/mol. The van der Waals surface area contributed by atoms with Crippen molar-refractivity contribution in [2.75, 3.05) is 13.2 Å². The SMILES string of the molecule is Cc1cccc(OCC(O)CNCc2cc(C)on2)c1. The molecule has 0 aliphatic rings. The fourth-order valence-electron chi connectivity index (χ4n) is 1.82. The highest BCUT2D eigenvalue weighted by molar-refractivity contribution is 5.27. The molecular formula is C15H20N2O3. The van der Waals surface area contributed by atoms with Crippen LogP contribution in [-0.2, 0) is 6.54 Å². The van der Waals surface area contributed by atoms with Crippen LogP contribution < -0.4 is 10.1 Å². The quantitative estimate of drug-likeness (QED) is 0.807. The van der Waals surface area contributed by atoms with Gasteiger partial charge in [0, 0.05) is 19.2 Å². The molecule has 1 aromatic heterocycles. The van der Waals surface area contributed by atoms with Crippen molar-refractivity contribution >= 4 is 0 Å². The molecule has 1 aromatic carbocycles. The monoisotopic (exact) mass is 276 g/mol. The molecule has 1 unspecified atom stereocenters. The second-order valence-corrected chi connectivity index (χ2v) is 4.84. The Morgan fingerprint density at radius 2 is 2.20 bits per heavy atom. The molecule has 0 bridgehead atoms. The predicted molar refractivity (Wildman–Crippen MR) is 75.6 cm³/mol. The summed E-state index contributed by atoms with van der Waals surface area (Å²) in [6.07, 6.45) is -0.566. The number of nitrogens with one attached hydrogen (secondary N) is 1. The maximum absolute atomic E-state index is 9.83. The average Bonchev–Trinajstić information content (AvgIpc) is 2.82. The summed E-state index contributed by atoms with van der Waals surface area (Å²) in [6, 6.07) is 9.62. The average molecular weight is 276 g/mol. The van der Waals surface area contributed by atoms with Gasteiger partial charge in [-0.3, -0.25) is 0 Å². The van der Waals surface area contributed by atoms with E-state index >= 15 is 0 Å². The van der Waals surface area contributed by atoms with E-state index in [1.54, 1.807) is 0 Å². The molecule has 0 aliphatic heterocycles. The highest BCUT2D eigenvalue weighted by Gasteiger charge is 2.06. The van der Waals surface area contributed by atoms with E-state index in [4.69, 9.17) is 9.26 Å². The second-order valence-electron chi connectivity index (χ2n) is 4.84. The molecule has 1 heterocycles. The normalized spacial score (nSPS) is 12.3. The zero-order chi connectivity index (χ0) is 14.4. The number of aromatic nitrogens is 1. The number of nitrogens with zero attached hydrogens (tertiary/aromatic N) is 1. The van der Waals surface area contributed by atoms with Crippen molar-refractivity contribution in [3.63, 3.8) is 0 Å². The number of benzene rings is 1. The van der Waals surface area contributed by atoms with Gasteiger partial charge in [0.15, 0.2) is 0 Å². The highest BCUT2D eigenvalue weighted by atomic mass is 16.5. The molecule has 1 atom stereocenters. The number of aliphatic hydroxyl groups excluding tert-OH is 1. The molecule has 20 heavy (non-hydrogen) atoms. The lowest BCUT2D eigenvalue weighted by Crippen LogP contribution is -2.31. The third kappa shape index (κ3) is 4.68. The van der Waals surface area contributed by atoms with E-state index in [1.807, 2.05) is 44.2 Å². The Balaban J connectivity index is 1.66. The second kappa shape index (κ2) is 7.07. The molecule has 2 N–H and O–H groups in total. The fourth-order valence-corrected chi connectivity index (χ4v) is 1.82. The first-order valence-electron chi connectivity index (χ1n) is 6.64. The van der Waals surface area contributed by atoms with Crippen LogP contribution >= 0.6 is 0 Å². The largest absolute Gasteiger partial charge is 0.491 e. The summed E-state index contributed by atoms with van der Waals surface area (Å²) in [5, 5.41) is 16.8. The summed E-state index contributed by atoms with van der Waals surface area (Å²) in [7, 11) is 0. The smallest absolute Gasteiger partial charge is 0.133 e. The minimum absolute atomic E-state index is 0.258. The Kier molecular flexibility index (Phi) is 5.15. The van der Waals surface area contributed by atoms with E-state index in [0.717, 1.165) is 22.8 Å². The van der Waals surface area contributed by atoms with Crippen LogP contribution in [0.4, 0.5) is 0 Å². The molecule has 0 radical (unpaired) electrons. The van der Waals surface area contributed by atoms with Gasteiger partial charge in [0.05, 0.1) is 5.69 Å². The van der Waals surface area contributed by atoms with Gasteiger partial charge in [-0.05, 0) is 31.5 Å². The predicted octanol–water partition coefficient (Wildman–Crippen LogP) is 1.82. The maximum Gasteiger partial charge on any atom is 0.133 e. The Hall–Kier alpha value is -1.85. The van der Waals surface area contributed by atoms with Gasteiger partial charge < -0.3 is 19.7 Å². The summed E-state index contributed by atoms with van der Waals surface area (Å²) < 4.78 is 10.5. The van der Waals surface area contributed by atoms with Crippen LogP contribution in [0.3, 0.4) is 0 Å². The van der Waals surface area contributed by atoms with Crippen LogP contribution in [0.5, 0.6) is 5.75 Å². The number of rotatable bonds is 7. The summed E-state index contributed by atoms with van der Waals surface area (Å²) >= 11 is 0. The molecule has 0 aliphatic carbocycles. The lowest BCUT2D eigenvalue weighted by atomic mass is 10.2. The minimum Gasteiger partial charge on any atom is -0.491 e. The minimum atomic E-state index is -0.566. The van der Waals surface area contributed by atoms with Crippen LogP contribution in [0.2, 0.25) is 0 Å². The zero-order valence-electron chi connectivity index (χ0n) is 11.8. The van der Waals surface area contributed by atoms with Crippen LogP contribution in [-0.4, -0.2) is 29.5 Å². The molecule has 108 valence electrons. The Bertz CT molecular complexity index is 539. The van der Waals surface area contributed by atoms with Crippen molar-refractivity contribution < 1.29 is 14.4 Å². The molecule has 0 amide bonds. The van der Waals surface area contributed by atoms with Crippen molar-refractivity contribution in [3.05, 3.63) is 47.3 Å². The summed E-state index contributed by atoms with van der Waals surface area (Å²) in [4.78, 5) is 0. The summed E-state index contributed by atoms with van der Waals surface area (Å²) in [5.74, 6) is 1.56. The van der Waals surface area contributed by atoms with Crippen molar-refractivity contribution in [1.29, 1.82) is 0 Å². The molecule has 0 saturated carbocycles. The molecule has 0 fully saturated rings. The van der Waals surface area contributed by atoms with Crippen LogP contribution in [0.15, 0.2) is 34.9 Å². The van der Waals surface area contributed by atoms with Gasteiger partial charge in [0.1, 0.15) is 24.2 Å². The van der Waals surface area contributed by atoms with E-state index in [-0.39, 0.29) is 6.61 Å². The van der Waals surface area contributed by atoms with Gasteiger partial charge in [0.2, 0.25) is 0 Å². The van der Waals surface area contributed by atoms with E-state index in [9.17, 15) is 5.11 Å². The van der Waals surface area contributed by atoms with Crippen LogP contribution in [0.1, 0.15) is 17.0 Å². The van der Waals surface area contributed by atoms with E-state index in [2.05, 4.69) is 10.5 Å². The first kappa shape index (κ1) is 14.6. The van der Waals surface area contributed by atoms with Gasteiger partial charge in [-0.25, -0.2) is 0 Å². The Morgan fingerprint density at radius 3 is 2.90 bits per heavy atom. The van der Waals surface area contributed by atoms with Crippen LogP contribution in [0.25, 0.3) is 0 Å². The van der Waals surface area contributed by atoms with Gasteiger partial charge in [-0.1, -0.05) is 17.3 Å². The zero-order valence-corrected chi connectivity index (χ0v) is 11.8. The van der Waals surface area contributed by atoms with Crippen molar-refractivity contribution in [1.82, 2.24) is 10.5 Å². The third-order valence-electron chi connectivity index (χ3n) is 2.79. The van der Waals surface area contributed by atoms with Gasteiger partial charge in [-0.2, -0.15) is 0 Å². The number of aliphatic hydroxyl groups is 1. The number of aryl methyl sites for hydroxylation is 2. The number of hydrogen-bond donors (Lipinski definition) is 2. The first-order chi connectivity index (χ1) is 9.63. The van der Waals surface area contributed by atoms with E-state index in [0.29, 0.717) is 13.1 Å². The highest BCUT2D eigenvalue weighted by Crippen LogP contribution is 2.12. The molecule has 0 spiro atoms. The number of ether oxygens (including phenoxy) is 1. The van der Waals surface area contributed by atoms with Crippen LogP contribution in [0, 0.1) is 13.8 Å². The van der Waals surface area contributed by atoms with E-state index < -0.39 is 6.10 Å². The Labute approximate surface area is 118 Å². The first-order valence-corrected chi connectivity index (χ1v) is 6.64. The van der Waals surface area contributed by atoms with Crippen molar-refractivity contribution in [3.8, 4) is 5.75 Å². The molecule has 5 nitrogen and oxygen atoms in total. The molecule has 5 heteroatoms. The molecule has 2 aromatic rings.